The molecule has 0 amide bonds. The average molecular weight is 354 g/mol. The van der Waals surface area contributed by atoms with Crippen molar-refractivity contribution in [1.82, 2.24) is 4.90 Å². The van der Waals surface area contributed by atoms with E-state index in [4.69, 9.17) is 4.74 Å². The molecule has 2 aromatic carbocycles. The summed E-state index contributed by atoms with van der Waals surface area (Å²) in [6.45, 7) is 3.83. The molecule has 2 aromatic rings. The first-order valence-corrected chi connectivity index (χ1v) is 10.3. The molecule has 1 saturated heterocycles. The Morgan fingerprint density at radius 1 is 1.00 bits per heavy atom. The topological polar surface area (TPSA) is 12.5 Å². The zero-order valence-electron chi connectivity index (χ0n) is 15.0. The number of piperidine rings is 1. The quantitative estimate of drug-likeness (QED) is 0.698. The standard InChI is InChI=1S/C22H27NOS/c1-24-17-11-12-22-20(16-17)18(19-8-3-4-10-21(19)25-22)9-7-15-23-13-5-2-6-14-23/h3-4,8,10-12,16,18H,2,5-7,9,13-15H2,1H3. The van der Waals surface area contributed by atoms with Gasteiger partial charge in [-0.2, -0.15) is 0 Å². The van der Waals surface area contributed by atoms with Crippen LogP contribution < -0.4 is 4.74 Å². The monoisotopic (exact) mass is 353 g/mol. The molecule has 2 aliphatic heterocycles. The number of hydrogen-bond acceptors (Lipinski definition) is 3. The molecule has 132 valence electrons. The predicted octanol–water partition coefficient (Wildman–Crippen LogP) is 5.56. The smallest absolute Gasteiger partial charge is 0.119 e. The van der Waals surface area contributed by atoms with Gasteiger partial charge >= 0.3 is 0 Å². The fourth-order valence-electron chi connectivity index (χ4n) is 4.18. The molecule has 0 spiro atoms. The van der Waals surface area contributed by atoms with E-state index in [1.165, 1.54) is 72.7 Å². The molecule has 3 heteroatoms. The summed E-state index contributed by atoms with van der Waals surface area (Å²) in [6, 6.07) is 15.5. The van der Waals surface area contributed by atoms with Crippen molar-refractivity contribution >= 4 is 11.8 Å². The summed E-state index contributed by atoms with van der Waals surface area (Å²) < 4.78 is 5.50. The molecule has 2 nitrogen and oxygen atoms in total. The highest BCUT2D eigenvalue weighted by molar-refractivity contribution is 7.99. The second-order valence-electron chi connectivity index (χ2n) is 7.14. The summed E-state index contributed by atoms with van der Waals surface area (Å²) in [4.78, 5) is 5.46. The Morgan fingerprint density at radius 2 is 1.80 bits per heavy atom. The third-order valence-corrected chi connectivity index (χ3v) is 6.71. The van der Waals surface area contributed by atoms with E-state index >= 15 is 0 Å². The van der Waals surface area contributed by atoms with E-state index < -0.39 is 0 Å². The molecule has 0 aliphatic carbocycles. The third-order valence-electron chi connectivity index (χ3n) is 5.52. The minimum Gasteiger partial charge on any atom is -0.497 e. The van der Waals surface area contributed by atoms with Gasteiger partial charge in [-0.15, -0.1) is 0 Å². The lowest BCUT2D eigenvalue weighted by Crippen LogP contribution is -2.30. The van der Waals surface area contributed by atoms with Crippen molar-refractivity contribution in [1.29, 1.82) is 0 Å². The largest absolute Gasteiger partial charge is 0.497 e. The van der Waals surface area contributed by atoms with Gasteiger partial charge in [0.25, 0.3) is 0 Å². The van der Waals surface area contributed by atoms with Crippen molar-refractivity contribution in [2.45, 2.75) is 47.8 Å². The Hall–Kier alpha value is -1.45. The van der Waals surface area contributed by atoms with Gasteiger partial charge in [-0.25, -0.2) is 0 Å². The first-order chi connectivity index (χ1) is 12.3. The number of hydrogen-bond donors (Lipinski definition) is 0. The van der Waals surface area contributed by atoms with Gasteiger partial charge in [-0.05, 0) is 80.7 Å². The molecule has 1 atom stereocenters. The first kappa shape index (κ1) is 17.0. The summed E-state index contributed by atoms with van der Waals surface area (Å²) >= 11 is 1.90. The van der Waals surface area contributed by atoms with Crippen LogP contribution in [0.4, 0.5) is 0 Å². The molecule has 1 unspecified atom stereocenters. The van der Waals surface area contributed by atoms with Gasteiger partial charge in [0.05, 0.1) is 7.11 Å². The molecule has 2 aliphatic rings. The van der Waals surface area contributed by atoms with E-state index in [1.54, 1.807) is 7.11 Å². The summed E-state index contributed by atoms with van der Waals surface area (Å²) in [6.07, 6.45) is 6.65. The molecular formula is C22H27NOS. The van der Waals surface area contributed by atoms with Crippen molar-refractivity contribution in [3.63, 3.8) is 0 Å². The normalized spacial score (nSPS) is 20.0. The van der Waals surface area contributed by atoms with E-state index in [-0.39, 0.29) is 0 Å². The van der Waals surface area contributed by atoms with Gasteiger partial charge in [-0.1, -0.05) is 36.4 Å². The number of nitrogens with zero attached hydrogens (tertiary/aromatic N) is 1. The fraction of sp³-hybridized carbons (Fsp3) is 0.455. The maximum atomic E-state index is 5.50. The van der Waals surface area contributed by atoms with Gasteiger partial charge in [0.2, 0.25) is 0 Å². The number of likely N-dealkylation sites (tertiary alicyclic amines) is 1. The highest BCUT2D eigenvalue weighted by Crippen LogP contribution is 2.48. The molecule has 25 heavy (non-hydrogen) atoms. The van der Waals surface area contributed by atoms with Crippen LogP contribution in [-0.2, 0) is 0 Å². The van der Waals surface area contributed by atoms with E-state index in [0.717, 1.165) is 5.75 Å². The number of rotatable bonds is 5. The van der Waals surface area contributed by atoms with E-state index in [2.05, 4.69) is 47.4 Å². The molecular weight excluding hydrogens is 326 g/mol. The van der Waals surface area contributed by atoms with Crippen molar-refractivity contribution < 1.29 is 4.74 Å². The maximum Gasteiger partial charge on any atom is 0.119 e. The molecule has 0 aromatic heterocycles. The lowest BCUT2D eigenvalue weighted by atomic mass is 9.86. The highest BCUT2D eigenvalue weighted by atomic mass is 32.2. The van der Waals surface area contributed by atoms with Gasteiger partial charge in [-0.3, -0.25) is 0 Å². The van der Waals surface area contributed by atoms with Crippen LogP contribution in [0.3, 0.4) is 0 Å². The predicted molar refractivity (Wildman–Crippen MR) is 105 cm³/mol. The summed E-state index contributed by atoms with van der Waals surface area (Å²) in [5.74, 6) is 1.46. The van der Waals surface area contributed by atoms with Crippen LogP contribution in [0.15, 0.2) is 52.3 Å². The zero-order valence-corrected chi connectivity index (χ0v) is 15.9. The molecule has 2 heterocycles. The number of fused-ring (bicyclic) bond motifs is 2. The van der Waals surface area contributed by atoms with Crippen LogP contribution in [0, 0.1) is 0 Å². The minimum atomic E-state index is 0.493. The molecule has 1 fully saturated rings. The summed E-state index contributed by atoms with van der Waals surface area (Å²) in [7, 11) is 1.76. The summed E-state index contributed by atoms with van der Waals surface area (Å²) in [5, 5.41) is 0. The molecule has 0 N–H and O–H groups in total. The van der Waals surface area contributed by atoms with E-state index in [9.17, 15) is 0 Å². The third kappa shape index (κ3) is 3.73. The van der Waals surface area contributed by atoms with Crippen LogP contribution in [0.1, 0.15) is 49.1 Å². The minimum absolute atomic E-state index is 0.493. The van der Waals surface area contributed by atoms with Crippen molar-refractivity contribution in [2.75, 3.05) is 26.7 Å². The van der Waals surface area contributed by atoms with Crippen LogP contribution in [0.5, 0.6) is 5.75 Å². The number of methoxy groups -OCH3 is 1. The number of ether oxygens (including phenoxy) is 1. The van der Waals surface area contributed by atoms with Gasteiger partial charge in [0, 0.05) is 15.7 Å². The maximum absolute atomic E-state index is 5.50. The van der Waals surface area contributed by atoms with Crippen molar-refractivity contribution in [3.05, 3.63) is 53.6 Å². The SMILES string of the molecule is COc1ccc2c(c1)C(CCCN1CCCCC1)c1ccccc1S2. The highest BCUT2D eigenvalue weighted by Gasteiger charge is 2.26. The summed E-state index contributed by atoms with van der Waals surface area (Å²) in [5.41, 5.74) is 2.94. The van der Waals surface area contributed by atoms with Crippen LogP contribution in [0.25, 0.3) is 0 Å². The van der Waals surface area contributed by atoms with Crippen molar-refractivity contribution in [3.8, 4) is 5.75 Å². The molecule has 0 saturated carbocycles. The second-order valence-corrected chi connectivity index (χ2v) is 8.22. The lowest BCUT2D eigenvalue weighted by molar-refractivity contribution is 0.223. The Kier molecular flexibility index (Phi) is 5.33. The van der Waals surface area contributed by atoms with Gasteiger partial charge in [0.15, 0.2) is 0 Å². The molecule has 0 bridgehead atoms. The Bertz CT molecular complexity index is 724. The van der Waals surface area contributed by atoms with Gasteiger partial charge in [0.1, 0.15) is 5.75 Å². The average Bonchev–Trinajstić information content (AvgIpc) is 2.68. The van der Waals surface area contributed by atoms with Gasteiger partial charge < -0.3 is 9.64 Å². The Morgan fingerprint density at radius 3 is 2.64 bits per heavy atom. The van der Waals surface area contributed by atoms with Crippen molar-refractivity contribution in [2.24, 2.45) is 0 Å². The van der Waals surface area contributed by atoms with E-state index in [0.29, 0.717) is 5.92 Å². The second kappa shape index (κ2) is 7.84. The zero-order chi connectivity index (χ0) is 17.1. The Balaban J connectivity index is 1.55. The fourth-order valence-corrected chi connectivity index (χ4v) is 5.35. The van der Waals surface area contributed by atoms with Crippen LogP contribution in [-0.4, -0.2) is 31.6 Å². The van der Waals surface area contributed by atoms with E-state index in [1.807, 2.05) is 11.8 Å². The van der Waals surface area contributed by atoms with Crippen LogP contribution >= 0.6 is 11.8 Å². The molecule has 4 rings (SSSR count). The Labute approximate surface area is 155 Å². The lowest BCUT2D eigenvalue weighted by Gasteiger charge is -2.30. The number of benzene rings is 2. The molecule has 0 radical (unpaired) electrons. The van der Waals surface area contributed by atoms with Crippen LogP contribution in [0.2, 0.25) is 0 Å². The first-order valence-electron chi connectivity index (χ1n) is 9.52.